The van der Waals surface area contributed by atoms with Crippen LogP contribution in [0.1, 0.15) is 25.0 Å². The van der Waals surface area contributed by atoms with Crippen LogP contribution in [0.5, 0.6) is 0 Å². The molecule has 0 unspecified atom stereocenters. The molecule has 0 aromatic heterocycles. The molecule has 0 heterocycles. The maximum atomic E-state index is 10.1. The summed E-state index contributed by atoms with van der Waals surface area (Å²) >= 11 is 0. The van der Waals surface area contributed by atoms with Gasteiger partial charge in [0, 0.05) is 6.61 Å². The summed E-state index contributed by atoms with van der Waals surface area (Å²) in [4.78, 5) is 0. The molecule has 1 aliphatic rings. The molecule has 0 bridgehead atoms. The van der Waals surface area contributed by atoms with E-state index in [1.165, 1.54) is 0 Å². The van der Waals surface area contributed by atoms with Crippen LogP contribution in [0.4, 0.5) is 0 Å². The highest BCUT2D eigenvalue weighted by molar-refractivity contribution is 5.20. The van der Waals surface area contributed by atoms with Gasteiger partial charge in [-0.1, -0.05) is 37.3 Å². The molecule has 82 valence electrons. The van der Waals surface area contributed by atoms with Crippen molar-refractivity contribution < 1.29 is 10.2 Å². The Morgan fingerprint density at radius 1 is 1.27 bits per heavy atom. The lowest BCUT2D eigenvalue weighted by molar-refractivity contribution is 0.133. The smallest absolute Gasteiger partial charge is 0.0821 e. The molecule has 0 radical (unpaired) electrons. The van der Waals surface area contributed by atoms with Crippen molar-refractivity contribution >= 4 is 0 Å². The first-order valence-electron chi connectivity index (χ1n) is 5.58. The van der Waals surface area contributed by atoms with Gasteiger partial charge in [-0.15, -0.1) is 0 Å². The van der Waals surface area contributed by atoms with Crippen molar-refractivity contribution in [3.8, 4) is 0 Å². The zero-order valence-electron chi connectivity index (χ0n) is 9.00. The molecule has 1 fully saturated rings. The van der Waals surface area contributed by atoms with Gasteiger partial charge in [-0.25, -0.2) is 0 Å². The van der Waals surface area contributed by atoms with Crippen molar-refractivity contribution in [2.24, 2.45) is 17.8 Å². The van der Waals surface area contributed by atoms with Crippen LogP contribution in [0.3, 0.4) is 0 Å². The Morgan fingerprint density at radius 2 is 1.93 bits per heavy atom. The second-order valence-electron chi connectivity index (χ2n) is 4.58. The number of benzene rings is 1. The molecule has 2 nitrogen and oxygen atoms in total. The van der Waals surface area contributed by atoms with Gasteiger partial charge in [0.1, 0.15) is 0 Å². The van der Waals surface area contributed by atoms with E-state index in [1.807, 2.05) is 37.3 Å². The van der Waals surface area contributed by atoms with Gasteiger partial charge >= 0.3 is 0 Å². The van der Waals surface area contributed by atoms with Crippen molar-refractivity contribution in [1.82, 2.24) is 0 Å². The topological polar surface area (TPSA) is 40.5 Å². The molecular formula is C13H18O2. The summed E-state index contributed by atoms with van der Waals surface area (Å²) in [6, 6.07) is 9.78. The number of hydrogen-bond acceptors (Lipinski definition) is 2. The number of rotatable bonds is 4. The van der Waals surface area contributed by atoms with Gasteiger partial charge in [0.2, 0.25) is 0 Å². The summed E-state index contributed by atoms with van der Waals surface area (Å²) in [5, 5.41) is 19.1. The van der Waals surface area contributed by atoms with Crippen molar-refractivity contribution in [2.75, 3.05) is 6.61 Å². The highest BCUT2D eigenvalue weighted by Crippen LogP contribution is 2.51. The summed E-state index contributed by atoms with van der Waals surface area (Å²) in [5.41, 5.74) is 0.995. The van der Waals surface area contributed by atoms with Crippen LogP contribution in [0.25, 0.3) is 0 Å². The van der Waals surface area contributed by atoms with E-state index >= 15 is 0 Å². The van der Waals surface area contributed by atoms with Crippen LogP contribution in [-0.4, -0.2) is 16.8 Å². The normalized spacial score (nSPS) is 28.5. The molecule has 2 heteroatoms. The zero-order chi connectivity index (χ0) is 10.8. The van der Waals surface area contributed by atoms with Crippen LogP contribution >= 0.6 is 0 Å². The molecular weight excluding hydrogens is 188 g/mol. The Labute approximate surface area is 90.6 Å². The fraction of sp³-hybridized carbons (Fsp3) is 0.538. The largest absolute Gasteiger partial charge is 0.396 e. The standard InChI is InChI=1S/C13H18O2/c1-9(8-14)11-7-12(11)13(15)10-5-3-2-4-6-10/h2-6,9,11-15H,7-8H2,1H3/t9-,11-,12-,13-/m1/s1. The number of aliphatic hydroxyl groups is 2. The summed E-state index contributed by atoms with van der Waals surface area (Å²) < 4.78 is 0. The third-order valence-corrected chi connectivity index (χ3v) is 3.46. The lowest BCUT2D eigenvalue weighted by Gasteiger charge is -2.12. The summed E-state index contributed by atoms with van der Waals surface area (Å²) in [6.45, 7) is 2.27. The molecule has 1 aromatic carbocycles. The SMILES string of the molecule is C[C@H](CO)[C@H]1C[C@H]1[C@H](O)c1ccccc1. The van der Waals surface area contributed by atoms with E-state index < -0.39 is 0 Å². The van der Waals surface area contributed by atoms with Gasteiger partial charge in [-0.05, 0) is 29.7 Å². The van der Waals surface area contributed by atoms with Crippen LogP contribution < -0.4 is 0 Å². The third kappa shape index (κ3) is 2.21. The zero-order valence-corrected chi connectivity index (χ0v) is 9.00. The van der Waals surface area contributed by atoms with Crippen molar-refractivity contribution in [1.29, 1.82) is 0 Å². The van der Waals surface area contributed by atoms with E-state index in [0.29, 0.717) is 17.8 Å². The first kappa shape index (κ1) is 10.7. The summed E-state index contributed by atoms with van der Waals surface area (Å²) in [5.74, 6) is 1.15. The van der Waals surface area contributed by atoms with E-state index in [2.05, 4.69) is 0 Å². The Bertz CT molecular complexity index is 310. The first-order chi connectivity index (χ1) is 7.24. The van der Waals surface area contributed by atoms with E-state index in [1.54, 1.807) is 0 Å². The lowest BCUT2D eigenvalue weighted by atomic mass is 9.99. The summed E-state index contributed by atoms with van der Waals surface area (Å²) in [6.07, 6.45) is 0.683. The van der Waals surface area contributed by atoms with Gasteiger partial charge in [-0.3, -0.25) is 0 Å². The Kier molecular flexibility index (Phi) is 3.08. The van der Waals surface area contributed by atoms with Crippen LogP contribution in [0.2, 0.25) is 0 Å². The van der Waals surface area contributed by atoms with Crippen molar-refractivity contribution in [3.63, 3.8) is 0 Å². The van der Waals surface area contributed by atoms with Gasteiger partial charge in [0.15, 0.2) is 0 Å². The highest BCUT2D eigenvalue weighted by Gasteiger charge is 2.45. The molecule has 2 rings (SSSR count). The molecule has 0 saturated heterocycles. The minimum atomic E-state index is -0.356. The van der Waals surface area contributed by atoms with E-state index in [0.717, 1.165) is 12.0 Å². The highest BCUT2D eigenvalue weighted by atomic mass is 16.3. The van der Waals surface area contributed by atoms with E-state index in [9.17, 15) is 5.11 Å². The molecule has 0 amide bonds. The average molecular weight is 206 g/mol. The summed E-state index contributed by atoms with van der Waals surface area (Å²) in [7, 11) is 0. The van der Waals surface area contributed by atoms with Gasteiger partial charge in [0.05, 0.1) is 6.10 Å². The third-order valence-electron chi connectivity index (χ3n) is 3.46. The fourth-order valence-corrected chi connectivity index (χ4v) is 2.29. The Balaban J connectivity index is 1.97. The predicted octanol–water partition coefficient (Wildman–Crippen LogP) is 1.98. The average Bonchev–Trinajstić information content (AvgIpc) is 3.08. The van der Waals surface area contributed by atoms with Crippen LogP contribution in [0.15, 0.2) is 30.3 Å². The molecule has 4 atom stereocenters. The Hall–Kier alpha value is -0.860. The quantitative estimate of drug-likeness (QED) is 0.791. The van der Waals surface area contributed by atoms with Gasteiger partial charge in [0.25, 0.3) is 0 Å². The molecule has 0 aliphatic heterocycles. The maximum Gasteiger partial charge on any atom is 0.0821 e. The minimum Gasteiger partial charge on any atom is -0.396 e. The lowest BCUT2D eigenvalue weighted by Crippen LogP contribution is -2.08. The molecule has 1 aromatic rings. The Morgan fingerprint density at radius 3 is 2.53 bits per heavy atom. The first-order valence-corrected chi connectivity index (χ1v) is 5.58. The maximum absolute atomic E-state index is 10.1. The fourth-order valence-electron chi connectivity index (χ4n) is 2.29. The minimum absolute atomic E-state index is 0.225. The van der Waals surface area contributed by atoms with Gasteiger partial charge in [-0.2, -0.15) is 0 Å². The number of aliphatic hydroxyl groups excluding tert-OH is 2. The molecule has 1 aliphatic carbocycles. The second-order valence-corrected chi connectivity index (χ2v) is 4.58. The monoisotopic (exact) mass is 206 g/mol. The van der Waals surface area contributed by atoms with E-state index in [-0.39, 0.29) is 12.7 Å². The number of hydrogen-bond donors (Lipinski definition) is 2. The van der Waals surface area contributed by atoms with Crippen molar-refractivity contribution in [3.05, 3.63) is 35.9 Å². The second kappa shape index (κ2) is 4.33. The predicted molar refractivity (Wildman–Crippen MR) is 59.2 cm³/mol. The molecule has 2 N–H and O–H groups in total. The van der Waals surface area contributed by atoms with E-state index in [4.69, 9.17) is 5.11 Å². The molecule has 15 heavy (non-hydrogen) atoms. The molecule has 0 spiro atoms. The van der Waals surface area contributed by atoms with Crippen molar-refractivity contribution in [2.45, 2.75) is 19.4 Å². The van der Waals surface area contributed by atoms with Crippen LogP contribution in [-0.2, 0) is 0 Å². The molecule has 1 saturated carbocycles. The van der Waals surface area contributed by atoms with Gasteiger partial charge < -0.3 is 10.2 Å². The van der Waals surface area contributed by atoms with Crippen LogP contribution in [0, 0.1) is 17.8 Å².